The molecule has 0 saturated heterocycles. The van der Waals surface area contributed by atoms with Gasteiger partial charge in [-0.3, -0.25) is 15.5 Å². The number of nitro groups is 1. The maximum absolute atomic E-state index is 12.7. The molecule has 0 spiro atoms. The zero-order chi connectivity index (χ0) is 23.3. The van der Waals surface area contributed by atoms with E-state index in [2.05, 4.69) is 10.5 Å². The third-order valence-electron chi connectivity index (χ3n) is 5.04. The zero-order valence-electron chi connectivity index (χ0n) is 18.0. The van der Waals surface area contributed by atoms with Crippen molar-refractivity contribution in [1.29, 1.82) is 0 Å². The quantitative estimate of drug-likeness (QED) is 0.293. The van der Waals surface area contributed by atoms with Crippen LogP contribution < -0.4 is 10.2 Å². The summed E-state index contributed by atoms with van der Waals surface area (Å²) in [5, 5.41) is 17.7. The molecule has 0 heterocycles. The van der Waals surface area contributed by atoms with Crippen LogP contribution in [0.3, 0.4) is 0 Å². The molecule has 0 bridgehead atoms. The first-order chi connectivity index (χ1) is 15.3. The Balaban J connectivity index is 1.96. The fourth-order valence-electron chi connectivity index (χ4n) is 3.38. The van der Waals surface area contributed by atoms with E-state index in [1.165, 1.54) is 22.7 Å². The Morgan fingerprint density at radius 2 is 1.84 bits per heavy atom. The number of rotatable bonds is 9. The van der Waals surface area contributed by atoms with Crippen LogP contribution >= 0.6 is 0 Å². The second-order valence-corrected chi connectivity index (χ2v) is 8.74. The summed E-state index contributed by atoms with van der Waals surface area (Å²) < 4.78 is 32.1. The molecule has 0 amide bonds. The highest BCUT2D eigenvalue weighted by molar-refractivity contribution is 7.89. The zero-order valence-corrected chi connectivity index (χ0v) is 18.8. The van der Waals surface area contributed by atoms with Gasteiger partial charge in [-0.05, 0) is 29.0 Å². The third-order valence-corrected chi connectivity index (χ3v) is 7.08. The van der Waals surface area contributed by atoms with Crippen molar-refractivity contribution in [3.05, 3.63) is 70.3 Å². The predicted molar refractivity (Wildman–Crippen MR) is 125 cm³/mol. The summed E-state index contributed by atoms with van der Waals surface area (Å²) >= 11 is 0. The van der Waals surface area contributed by atoms with Gasteiger partial charge in [0.1, 0.15) is 11.4 Å². The third kappa shape index (κ3) is 4.56. The van der Waals surface area contributed by atoms with Gasteiger partial charge >= 0.3 is 0 Å². The summed E-state index contributed by atoms with van der Waals surface area (Å²) in [4.78, 5) is 10.8. The number of fused-ring (bicyclic) bond motifs is 1. The van der Waals surface area contributed by atoms with Crippen LogP contribution in [-0.2, 0) is 10.0 Å². The number of nitrogens with one attached hydrogen (secondary N) is 1. The molecule has 3 aromatic rings. The van der Waals surface area contributed by atoms with Crippen molar-refractivity contribution in [2.45, 2.75) is 18.7 Å². The molecular weight excluding hydrogens is 432 g/mol. The molecule has 0 fully saturated rings. The summed E-state index contributed by atoms with van der Waals surface area (Å²) in [6.07, 6.45) is 1.52. The van der Waals surface area contributed by atoms with Gasteiger partial charge in [0.05, 0.1) is 23.1 Å². The first-order valence-corrected chi connectivity index (χ1v) is 11.4. The molecule has 0 aromatic heterocycles. The van der Waals surface area contributed by atoms with Crippen LogP contribution in [0.1, 0.15) is 19.4 Å². The Morgan fingerprint density at radius 1 is 1.12 bits per heavy atom. The number of anilines is 1. The lowest BCUT2D eigenvalue weighted by molar-refractivity contribution is -0.384. The van der Waals surface area contributed by atoms with Crippen LogP contribution in [-0.4, -0.2) is 44.1 Å². The SMILES string of the molecule is CCN(CC)S(=O)(=O)c1ccc(NN=Cc2c(OC)ccc3ccccc23)c([N+](=O)[O-])c1. The fraction of sp³-hybridized carbons (Fsp3) is 0.227. The minimum absolute atomic E-state index is 0.0731. The molecule has 32 heavy (non-hydrogen) atoms. The van der Waals surface area contributed by atoms with Crippen molar-refractivity contribution in [2.75, 3.05) is 25.6 Å². The highest BCUT2D eigenvalue weighted by Crippen LogP contribution is 2.30. The van der Waals surface area contributed by atoms with Gasteiger partial charge in [-0.15, -0.1) is 0 Å². The van der Waals surface area contributed by atoms with Gasteiger partial charge in [-0.1, -0.05) is 44.2 Å². The van der Waals surface area contributed by atoms with Gasteiger partial charge < -0.3 is 4.74 Å². The molecule has 0 unspecified atom stereocenters. The van der Waals surface area contributed by atoms with Crippen molar-refractivity contribution >= 4 is 38.4 Å². The summed E-state index contributed by atoms with van der Waals surface area (Å²) in [5.74, 6) is 0.601. The van der Waals surface area contributed by atoms with Crippen molar-refractivity contribution < 1.29 is 18.1 Å². The number of hydrogen-bond acceptors (Lipinski definition) is 7. The molecular formula is C22H24N4O5S. The highest BCUT2D eigenvalue weighted by atomic mass is 32.2. The van der Waals surface area contributed by atoms with Crippen LogP contribution in [0.15, 0.2) is 64.6 Å². The van der Waals surface area contributed by atoms with E-state index in [-0.39, 0.29) is 29.4 Å². The molecule has 3 aromatic carbocycles. The van der Waals surface area contributed by atoms with Crippen LogP contribution in [0.4, 0.5) is 11.4 Å². The van der Waals surface area contributed by atoms with Gasteiger partial charge in [0.25, 0.3) is 5.69 Å². The van der Waals surface area contributed by atoms with Crippen molar-refractivity contribution in [2.24, 2.45) is 5.10 Å². The van der Waals surface area contributed by atoms with E-state index >= 15 is 0 Å². The average Bonchev–Trinajstić information content (AvgIpc) is 2.79. The lowest BCUT2D eigenvalue weighted by Gasteiger charge is -2.18. The second-order valence-electron chi connectivity index (χ2n) is 6.80. The standard InChI is InChI=1S/C22H24N4O5S/c1-4-25(5-2)32(29,30)17-11-12-20(21(14-17)26(27)28)24-23-15-19-18-9-7-6-8-16(18)10-13-22(19)31-3/h6-15,24H,4-5H2,1-3H3. The lowest BCUT2D eigenvalue weighted by Crippen LogP contribution is -2.30. The molecule has 168 valence electrons. The average molecular weight is 457 g/mol. The van der Waals surface area contributed by atoms with E-state index in [0.717, 1.165) is 16.8 Å². The molecule has 10 heteroatoms. The van der Waals surface area contributed by atoms with E-state index in [4.69, 9.17) is 4.74 Å². The normalized spacial score (nSPS) is 11.9. The Bertz CT molecular complexity index is 1270. The Kier molecular flexibility index (Phi) is 7.06. The molecule has 0 aliphatic rings. The van der Waals surface area contributed by atoms with Crippen LogP contribution in [0.2, 0.25) is 0 Å². The number of benzene rings is 3. The van der Waals surface area contributed by atoms with Crippen LogP contribution in [0.25, 0.3) is 10.8 Å². The second kappa shape index (κ2) is 9.75. The predicted octanol–water partition coefficient (Wildman–Crippen LogP) is 4.23. The van der Waals surface area contributed by atoms with Crippen molar-refractivity contribution in [3.8, 4) is 5.75 Å². The number of hydrogen-bond donors (Lipinski definition) is 1. The van der Waals surface area contributed by atoms with Gasteiger partial charge in [0, 0.05) is 24.7 Å². The lowest BCUT2D eigenvalue weighted by atomic mass is 10.0. The minimum atomic E-state index is -3.82. The summed E-state index contributed by atoms with van der Waals surface area (Å²) in [6.45, 7) is 3.96. The number of methoxy groups -OCH3 is 1. The first kappa shape index (κ1) is 23.2. The molecule has 3 rings (SSSR count). The Morgan fingerprint density at radius 3 is 2.50 bits per heavy atom. The topological polar surface area (TPSA) is 114 Å². The number of ether oxygens (including phenoxy) is 1. The molecule has 0 aliphatic heterocycles. The van der Waals surface area contributed by atoms with E-state index < -0.39 is 14.9 Å². The van der Waals surface area contributed by atoms with Crippen molar-refractivity contribution in [3.63, 3.8) is 0 Å². The maximum Gasteiger partial charge on any atom is 0.295 e. The van der Waals surface area contributed by atoms with Gasteiger partial charge in [0.2, 0.25) is 10.0 Å². The molecule has 9 nitrogen and oxygen atoms in total. The number of nitro benzene ring substituents is 1. The maximum atomic E-state index is 12.7. The van der Waals surface area contributed by atoms with E-state index in [1.54, 1.807) is 21.0 Å². The number of nitrogens with zero attached hydrogens (tertiary/aromatic N) is 3. The molecule has 1 N–H and O–H groups in total. The van der Waals surface area contributed by atoms with Crippen LogP contribution in [0, 0.1) is 10.1 Å². The van der Waals surface area contributed by atoms with Gasteiger partial charge in [0.15, 0.2) is 0 Å². The highest BCUT2D eigenvalue weighted by Gasteiger charge is 2.25. The molecule has 0 saturated carbocycles. The largest absolute Gasteiger partial charge is 0.496 e. The first-order valence-electron chi connectivity index (χ1n) is 9.96. The Labute approximate surface area is 186 Å². The smallest absolute Gasteiger partial charge is 0.295 e. The monoisotopic (exact) mass is 456 g/mol. The van der Waals surface area contributed by atoms with Crippen molar-refractivity contribution in [1.82, 2.24) is 4.31 Å². The molecule has 0 radical (unpaired) electrons. The van der Waals surface area contributed by atoms with E-state index in [9.17, 15) is 18.5 Å². The number of hydrazone groups is 1. The van der Waals surface area contributed by atoms with Gasteiger partial charge in [-0.2, -0.15) is 9.41 Å². The summed E-state index contributed by atoms with van der Waals surface area (Å²) in [7, 11) is -2.27. The summed E-state index contributed by atoms with van der Waals surface area (Å²) in [6, 6.07) is 15.2. The Hall–Kier alpha value is -3.50. The minimum Gasteiger partial charge on any atom is -0.496 e. The number of sulfonamides is 1. The van der Waals surface area contributed by atoms with Crippen LogP contribution in [0.5, 0.6) is 5.75 Å². The van der Waals surface area contributed by atoms with Gasteiger partial charge in [-0.25, -0.2) is 8.42 Å². The summed E-state index contributed by atoms with van der Waals surface area (Å²) in [5.41, 5.74) is 3.05. The molecule has 0 atom stereocenters. The van der Waals surface area contributed by atoms with E-state index in [1.807, 2.05) is 36.4 Å². The van der Waals surface area contributed by atoms with E-state index in [0.29, 0.717) is 11.3 Å². The molecule has 0 aliphatic carbocycles. The fourth-order valence-corrected chi connectivity index (χ4v) is 4.86.